The van der Waals surface area contributed by atoms with Crippen molar-refractivity contribution in [2.45, 2.75) is 45.2 Å². The summed E-state index contributed by atoms with van der Waals surface area (Å²) in [5.41, 5.74) is 4.60. The van der Waals surface area contributed by atoms with Crippen molar-refractivity contribution in [2.75, 3.05) is 31.6 Å². The lowest BCUT2D eigenvalue weighted by molar-refractivity contribution is 0.243. The summed E-state index contributed by atoms with van der Waals surface area (Å²) in [5, 5.41) is 0. The SMILES string of the molecule is COc1cccc(CN2CCc3nc(-c4ccccn4)nc(N4CCCCCC4)c3C2)c1. The molecule has 0 amide bonds. The smallest absolute Gasteiger partial charge is 0.180 e. The van der Waals surface area contributed by atoms with E-state index in [1.165, 1.54) is 42.5 Å². The second-order valence-corrected chi connectivity index (χ2v) is 8.72. The molecule has 0 unspecified atom stereocenters. The first-order chi connectivity index (χ1) is 15.8. The van der Waals surface area contributed by atoms with Crippen molar-refractivity contribution in [1.82, 2.24) is 19.9 Å². The molecule has 4 heterocycles. The predicted octanol–water partition coefficient (Wildman–Crippen LogP) is 4.49. The van der Waals surface area contributed by atoms with E-state index in [-0.39, 0.29) is 0 Å². The number of ether oxygens (including phenoxy) is 1. The molecule has 32 heavy (non-hydrogen) atoms. The summed E-state index contributed by atoms with van der Waals surface area (Å²) in [6, 6.07) is 14.3. The Morgan fingerprint density at radius 3 is 2.59 bits per heavy atom. The lowest BCUT2D eigenvalue weighted by atomic mass is 10.0. The summed E-state index contributed by atoms with van der Waals surface area (Å²) < 4.78 is 5.41. The highest BCUT2D eigenvalue weighted by atomic mass is 16.5. The van der Waals surface area contributed by atoms with E-state index in [9.17, 15) is 0 Å². The minimum absolute atomic E-state index is 0.754. The van der Waals surface area contributed by atoms with Crippen LogP contribution in [-0.2, 0) is 19.5 Å². The van der Waals surface area contributed by atoms with Crippen LogP contribution in [0.25, 0.3) is 11.5 Å². The first-order valence-electron chi connectivity index (χ1n) is 11.7. The van der Waals surface area contributed by atoms with Crippen LogP contribution in [0.5, 0.6) is 5.75 Å². The molecule has 0 bridgehead atoms. The van der Waals surface area contributed by atoms with Gasteiger partial charge < -0.3 is 9.64 Å². The summed E-state index contributed by atoms with van der Waals surface area (Å²) in [6.07, 6.45) is 7.82. The molecule has 3 aromatic rings. The molecule has 0 atom stereocenters. The normalized spacial score (nSPS) is 17.0. The van der Waals surface area contributed by atoms with Crippen molar-refractivity contribution in [2.24, 2.45) is 0 Å². The van der Waals surface area contributed by atoms with Gasteiger partial charge in [0, 0.05) is 50.9 Å². The lowest BCUT2D eigenvalue weighted by Gasteiger charge is -2.33. The van der Waals surface area contributed by atoms with E-state index in [2.05, 4.69) is 33.0 Å². The highest BCUT2D eigenvalue weighted by Crippen LogP contribution is 2.31. The van der Waals surface area contributed by atoms with Crippen molar-refractivity contribution in [3.63, 3.8) is 0 Å². The minimum Gasteiger partial charge on any atom is -0.497 e. The van der Waals surface area contributed by atoms with E-state index in [4.69, 9.17) is 14.7 Å². The number of hydrogen-bond donors (Lipinski definition) is 0. The van der Waals surface area contributed by atoms with Gasteiger partial charge in [0.05, 0.1) is 12.8 Å². The number of nitrogens with zero attached hydrogens (tertiary/aromatic N) is 5. The number of aromatic nitrogens is 3. The number of fused-ring (bicyclic) bond motifs is 1. The van der Waals surface area contributed by atoms with Crippen LogP contribution < -0.4 is 9.64 Å². The van der Waals surface area contributed by atoms with Gasteiger partial charge in [0.2, 0.25) is 0 Å². The molecule has 0 radical (unpaired) electrons. The Morgan fingerprint density at radius 1 is 0.938 bits per heavy atom. The average Bonchev–Trinajstić information content (AvgIpc) is 3.14. The van der Waals surface area contributed by atoms with E-state index >= 15 is 0 Å². The highest BCUT2D eigenvalue weighted by Gasteiger charge is 2.26. The zero-order valence-electron chi connectivity index (χ0n) is 18.8. The molecule has 5 rings (SSSR count). The van der Waals surface area contributed by atoms with Crippen molar-refractivity contribution in [1.29, 1.82) is 0 Å². The maximum atomic E-state index is 5.41. The highest BCUT2D eigenvalue weighted by molar-refractivity contribution is 5.58. The minimum atomic E-state index is 0.754. The van der Waals surface area contributed by atoms with Crippen molar-refractivity contribution >= 4 is 5.82 Å². The maximum absolute atomic E-state index is 5.41. The van der Waals surface area contributed by atoms with Crippen molar-refractivity contribution in [3.05, 3.63) is 65.5 Å². The summed E-state index contributed by atoms with van der Waals surface area (Å²) in [4.78, 5) is 19.6. The van der Waals surface area contributed by atoms with Crippen LogP contribution in [0.1, 0.15) is 42.5 Å². The molecule has 6 nitrogen and oxygen atoms in total. The summed E-state index contributed by atoms with van der Waals surface area (Å²) in [6.45, 7) is 4.91. The van der Waals surface area contributed by atoms with Gasteiger partial charge in [0.25, 0.3) is 0 Å². The van der Waals surface area contributed by atoms with Gasteiger partial charge in [-0.25, -0.2) is 9.97 Å². The Labute approximate surface area is 190 Å². The molecule has 0 aliphatic carbocycles. The molecule has 2 aromatic heterocycles. The molecular formula is C26H31N5O. The Morgan fingerprint density at radius 2 is 1.81 bits per heavy atom. The van der Waals surface area contributed by atoms with E-state index in [0.717, 1.165) is 62.2 Å². The summed E-state index contributed by atoms with van der Waals surface area (Å²) >= 11 is 0. The molecule has 0 saturated carbocycles. The Bertz CT molecular complexity index is 1050. The van der Waals surface area contributed by atoms with Gasteiger partial charge in [0.15, 0.2) is 5.82 Å². The van der Waals surface area contributed by atoms with Crippen LogP contribution in [0, 0.1) is 0 Å². The summed E-state index contributed by atoms with van der Waals surface area (Å²) in [7, 11) is 1.72. The quantitative estimate of drug-likeness (QED) is 0.596. The van der Waals surface area contributed by atoms with Gasteiger partial charge in [-0.1, -0.05) is 31.0 Å². The molecule has 1 aromatic carbocycles. The van der Waals surface area contributed by atoms with Gasteiger partial charge in [-0.15, -0.1) is 0 Å². The molecule has 1 fully saturated rings. The number of anilines is 1. The van der Waals surface area contributed by atoms with E-state index < -0.39 is 0 Å². The van der Waals surface area contributed by atoms with Gasteiger partial charge in [0.1, 0.15) is 17.3 Å². The summed E-state index contributed by atoms with van der Waals surface area (Å²) in [5.74, 6) is 2.78. The first-order valence-corrected chi connectivity index (χ1v) is 11.7. The maximum Gasteiger partial charge on any atom is 0.180 e. The number of pyridine rings is 1. The standard InChI is InChI=1S/C26H31N5O/c1-32-21-10-8-9-20(17-21)18-30-16-12-23-22(19-30)26(31-14-6-2-3-7-15-31)29-25(28-23)24-11-4-5-13-27-24/h4-5,8-11,13,17H,2-3,6-7,12,14-16,18-19H2,1H3. The third-order valence-corrected chi connectivity index (χ3v) is 6.46. The topological polar surface area (TPSA) is 54.4 Å². The van der Waals surface area contributed by atoms with Crippen LogP contribution in [0.4, 0.5) is 5.82 Å². The zero-order valence-corrected chi connectivity index (χ0v) is 18.8. The van der Waals surface area contributed by atoms with E-state index in [1.807, 2.05) is 30.5 Å². The second-order valence-electron chi connectivity index (χ2n) is 8.72. The van der Waals surface area contributed by atoms with E-state index in [0.29, 0.717) is 0 Å². The van der Waals surface area contributed by atoms with Crippen LogP contribution >= 0.6 is 0 Å². The molecule has 2 aliphatic rings. The Hall–Kier alpha value is -2.99. The molecular weight excluding hydrogens is 398 g/mol. The first kappa shape index (κ1) is 20.9. The van der Waals surface area contributed by atoms with E-state index in [1.54, 1.807) is 7.11 Å². The second kappa shape index (κ2) is 9.65. The third kappa shape index (κ3) is 4.60. The van der Waals surface area contributed by atoms with Gasteiger partial charge >= 0.3 is 0 Å². The molecule has 0 spiro atoms. The van der Waals surface area contributed by atoms with Crippen LogP contribution in [0.3, 0.4) is 0 Å². The van der Waals surface area contributed by atoms with Gasteiger partial charge in [-0.2, -0.15) is 0 Å². The monoisotopic (exact) mass is 429 g/mol. The molecule has 0 N–H and O–H groups in total. The van der Waals surface area contributed by atoms with Crippen LogP contribution in [0.15, 0.2) is 48.7 Å². The van der Waals surface area contributed by atoms with Gasteiger partial charge in [-0.3, -0.25) is 9.88 Å². The number of hydrogen-bond acceptors (Lipinski definition) is 6. The molecule has 1 saturated heterocycles. The van der Waals surface area contributed by atoms with Gasteiger partial charge in [-0.05, 0) is 42.7 Å². The molecule has 2 aliphatic heterocycles. The van der Waals surface area contributed by atoms with Crippen LogP contribution in [0.2, 0.25) is 0 Å². The van der Waals surface area contributed by atoms with Crippen molar-refractivity contribution < 1.29 is 4.74 Å². The Kier molecular flexibility index (Phi) is 6.30. The Balaban J connectivity index is 1.47. The predicted molar refractivity (Wildman–Crippen MR) is 127 cm³/mol. The number of benzene rings is 1. The zero-order chi connectivity index (χ0) is 21.8. The van der Waals surface area contributed by atoms with Crippen molar-refractivity contribution in [3.8, 4) is 17.3 Å². The van der Waals surface area contributed by atoms with Crippen LogP contribution in [-0.4, -0.2) is 46.6 Å². The fraction of sp³-hybridized carbons (Fsp3) is 0.423. The molecule has 6 heteroatoms. The average molecular weight is 430 g/mol. The lowest BCUT2D eigenvalue weighted by Crippen LogP contribution is -2.34. The third-order valence-electron chi connectivity index (χ3n) is 6.46. The number of rotatable bonds is 5. The molecule has 166 valence electrons. The fourth-order valence-electron chi connectivity index (χ4n) is 4.77. The largest absolute Gasteiger partial charge is 0.497 e. The number of methoxy groups -OCH3 is 1. The fourth-order valence-corrected chi connectivity index (χ4v) is 4.77.